The summed E-state index contributed by atoms with van der Waals surface area (Å²) in [5.74, 6) is 1.10. The van der Waals surface area contributed by atoms with Gasteiger partial charge in [-0.2, -0.15) is 0 Å². The average molecular weight is 279 g/mol. The van der Waals surface area contributed by atoms with Gasteiger partial charge in [0.05, 0.1) is 7.11 Å². The largest absolute Gasteiger partial charge is 0.497 e. The van der Waals surface area contributed by atoms with Crippen molar-refractivity contribution in [2.24, 2.45) is 5.92 Å². The maximum absolute atomic E-state index is 11.1. The first-order chi connectivity index (χ1) is 9.65. The molecule has 2 N–H and O–H groups in total. The van der Waals surface area contributed by atoms with E-state index in [1.165, 1.54) is 4.90 Å². The molecule has 0 aliphatic carbocycles. The van der Waals surface area contributed by atoms with Crippen LogP contribution in [-0.2, 0) is 0 Å². The van der Waals surface area contributed by atoms with Gasteiger partial charge in [0.15, 0.2) is 0 Å². The molecule has 1 heterocycles. The van der Waals surface area contributed by atoms with Crippen molar-refractivity contribution in [3.05, 3.63) is 29.8 Å². The number of ether oxygens (including phenoxy) is 1. The van der Waals surface area contributed by atoms with E-state index >= 15 is 0 Å². The van der Waals surface area contributed by atoms with E-state index in [0.717, 1.165) is 17.7 Å². The van der Waals surface area contributed by atoms with Crippen LogP contribution in [0.2, 0.25) is 0 Å². The molecule has 5 nitrogen and oxygen atoms in total. The fourth-order valence-corrected chi connectivity index (χ4v) is 2.87. The van der Waals surface area contributed by atoms with Gasteiger partial charge in [0, 0.05) is 19.7 Å². The highest BCUT2D eigenvalue weighted by Crippen LogP contribution is 2.33. The molecule has 1 aliphatic heterocycles. The van der Waals surface area contributed by atoms with Crippen LogP contribution in [-0.4, -0.2) is 48.0 Å². The first-order valence-corrected chi connectivity index (χ1v) is 6.88. The molecule has 110 valence electrons. The summed E-state index contributed by atoms with van der Waals surface area (Å²) >= 11 is 0. The molecule has 1 amide bonds. The number of hydrogen-bond acceptors (Lipinski definition) is 3. The minimum absolute atomic E-state index is 0.0875. The van der Waals surface area contributed by atoms with Crippen LogP contribution in [0.4, 0.5) is 4.79 Å². The van der Waals surface area contributed by atoms with Crippen LogP contribution >= 0.6 is 0 Å². The number of carbonyl (C=O) groups is 1. The van der Waals surface area contributed by atoms with Crippen LogP contribution in [0.15, 0.2) is 24.3 Å². The average Bonchev–Trinajstić information content (AvgIpc) is 2.69. The minimum atomic E-state index is -0.878. The van der Waals surface area contributed by atoms with Crippen LogP contribution in [0, 0.1) is 5.92 Å². The lowest BCUT2D eigenvalue weighted by molar-refractivity contribution is 0.145. The summed E-state index contributed by atoms with van der Waals surface area (Å²) in [4.78, 5) is 12.5. The van der Waals surface area contributed by atoms with Crippen molar-refractivity contribution in [1.29, 1.82) is 0 Å². The van der Waals surface area contributed by atoms with Crippen molar-refractivity contribution in [2.45, 2.75) is 18.8 Å². The molecule has 5 heteroatoms. The Labute approximate surface area is 118 Å². The van der Waals surface area contributed by atoms with Gasteiger partial charge in [-0.1, -0.05) is 12.1 Å². The van der Waals surface area contributed by atoms with Gasteiger partial charge < -0.3 is 19.8 Å². The van der Waals surface area contributed by atoms with Crippen LogP contribution in [0.3, 0.4) is 0 Å². The quantitative estimate of drug-likeness (QED) is 0.889. The number of aliphatic hydroxyl groups is 1. The Kier molecular flexibility index (Phi) is 4.84. The zero-order chi connectivity index (χ0) is 14.5. The number of benzene rings is 1. The van der Waals surface area contributed by atoms with Gasteiger partial charge in [-0.3, -0.25) is 0 Å². The van der Waals surface area contributed by atoms with Gasteiger partial charge in [0.25, 0.3) is 0 Å². The minimum Gasteiger partial charge on any atom is -0.497 e. The Bertz CT molecular complexity index is 446. The second kappa shape index (κ2) is 6.61. The summed E-state index contributed by atoms with van der Waals surface area (Å²) < 4.78 is 5.15. The molecule has 1 aliphatic rings. The summed E-state index contributed by atoms with van der Waals surface area (Å²) in [5, 5.41) is 18.7. The van der Waals surface area contributed by atoms with E-state index in [0.29, 0.717) is 19.5 Å². The van der Waals surface area contributed by atoms with Crippen LogP contribution < -0.4 is 4.74 Å². The Morgan fingerprint density at radius 2 is 1.95 bits per heavy atom. The van der Waals surface area contributed by atoms with Crippen molar-refractivity contribution in [1.82, 2.24) is 4.90 Å². The summed E-state index contributed by atoms with van der Waals surface area (Å²) in [6.07, 6.45) is 0.556. The lowest BCUT2D eigenvalue weighted by Crippen LogP contribution is -2.30. The molecule has 1 aromatic rings. The van der Waals surface area contributed by atoms with Gasteiger partial charge in [0.2, 0.25) is 0 Å². The number of aliphatic hydroxyl groups excluding tert-OH is 1. The van der Waals surface area contributed by atoms with E-state index in [4.69, 9.17) is 9.84 Å². The third-order valence-electron chi connectivity index (χ3n) is 4.10. The Balaban J connectivity index is 2.16. The highest BCUT2D eigenvalue weighted by Gasteiger charge is 2.28. The molecule has 0 unspecified atom stereocenters. The third-order valence-corrected chi connectivity index (χ3v) is 4.10. The van der Waals surface area contributed by atoms with Gasteiger partial charge in [-0.25, -0.2) is 4.79 Å². The molecule has 20 heavy (non-hydrogen) atoms. The van der Waals surface area contributed by atoms with E-state index in [2.05, 4.69) is 0 Å². The summed E-state index contributed by atoms with van der Waals surface area (Å²) in [6.45, 7) is 1.10. The Hall–Kier alpha value is -1.75. The molecule has 0 radical (unpaired) electrons. The standard InChI is InChI=1S/C15H21NO4/c1-20-13-4-2-11(3-5-13)14-7-9-16(15(18)19)8-6-12(14)10-17/h2-5,12,14,17H,6-10H2,1H3,(H,18,19)/t12-,14-/m1/s1. The zero-order valence-electron chi connectivity index (χ0n) is 11.7. The fraction of sp³-hybridized carbons (Fsp3) is 0.533. The zero-order valence-corrected chi connectivity index (χ0v) is 11.7. The number of amides is 1. The number of nitrogens with zero attached hydrogens (tertiary/aromatic N) is 1. The summed E-state index contributed by atoms with van der Waals surface area (Å²) in [5.41, 5.74) is 1.14. The second-order valence-electron chi connectivity index (χ2n) is 5.17. The number of rotatable bonds is 3. The molecular weight excluding hydrogens is 258 g/mol. The van der Waals surface area contributed by atoms with E-state index in [1.807, 2.05) is 24.3 Å². The fourth-order valence-electron chi connectivity index (χ4n) is 2.87. The van der Waals surface area contributed by atoms with E-state index in [9.17, 15) is 9.90 Å². The molecule has 1 saturated heterocycles. The van der Waals surface area contributed by atoms with E-state index in [1.54, 1.807) is 7.11 Å². The normalized spacial score (nSPS) is 23.2. The van der Waals surface area contributed by atoms with Crippen molar-refractivity contribution in [3.8, 4) is 5.75 Å². The lowest BCUT2D eigenvalue weighted by atomic mass is 9.83. The van der Waals surface area contributed by atoms with Crippen molar-refractivity contribution >= 4 is 6.09 Å². The van der Waals surface area contributed by atoms with Crippen molar-refractivity contribution in [3.63, 3.8) is 0 Å². The van der Waals surface area contributed by atoms with Crippen LogP contribution in [0.5, 0.6) is 5.75 Å². The van der Waals surface area contributed by atoms with E-state index in [-0.39, 0.29) is 18.4 Å². The summed E-state index contributed by atoms with van der Waals surface area (Å²) in [6, 6.07) is 7.82. The number of likely N-dealkylation sites (tertiary alicyclic amines) is 1. The van der Waals surface area contributed by atoms with E-state index < -0.39 is 6.09 Å². The SMILES string of the molecule is COc1ccc([C@H]2CCN(C(=O)O)CC[C@@H]2CO)cc1. The van der Waals surface area contributed by atoms with Crippen LogP contribution in [0.25, 0.3) is 0 Å². The highest BCUT2D eigenvalue weighted by atomic mass is 16.5. The Morgan fingerprint density at radius 1 is 1.30 bits per heavy atom. The molecule has 0 aromatic heterocycles. The molecule has 1 aromatic carbocycles. The maximum atomic E-state index is 11.1. The van der Waals surface area contributed by atoms with Gasteiger partial charge in [-0.05, 0) is 42.4 Å². The predicted octanol–water partition coefficient (Wildman–Crippen LogP) is 2.16. The molecule has 2 atom stereocenters. The molecule has 0 spiro atoms. The molecule has 0 saturated carbocycles. The van der Waals surface area contributed by atoms with Crippen molar-refractivity contribution < 1.29 is 19.7 Å². The number of hydrogen-bond donors (Lipinski definition) is 2. The maximum Gasteiger partial charge on any atom is 0.407 e. The topological polar surface area (TPSA) is 70.0 Å². The van der Waals surface area contributed by atoms with Gasteiger partial charge in [0.1, 0.15) is 5.75 Å². The smallest absolute Gasteiger partial charge is 0.407 e. The molecule has 2 rings (SSSR count). The second-order valence-corrected chi connectivity index (χ2v) is 5.17. The van der Waals surface area contributed by atoms with Crippen LogP contribution in [0.1, 0.15) is 24.3 Å². The lowest BCUT2D eigenvalue weighted by Gasteiger charge is -2.23. The number of carboxylic acid groups (broad SMARTS) is 1. The molecular formula is C15H21NO4. The molecule has 1 fully saturated rings. The first kappa shape index (κ1) is 14.7. The van der Waals surface area contributed by atoms with Gasteiger partial charge in [-0.15, -0.1) is 0 Å². The Morgan fingerprint density at radius 3 is 2.50 bits per heavy atom. The predicted molar refractivity (Wildman–Crippen MR) is 75.1 cm³/mol. The van der Waals surface area contributed by atoms with Gasteiger partial charge >= 0.3 is 6.09 Å². The number of methoxy groups -OCH3 is 1. The molecule has 0 bridgehead atoms. The first-order valence-electron chi connectivity index (χ1n) is 6.88. The van der Waals surface area contributed by atoms with Crippen molar-refractivity contribution in [2.75, 3.05) is 26.8 Å². The third kappa shape index (κ3) is 3.22. The monoisotopic (exact) mass is 279 g/mol. The summed E-state index contributed by atoms with van der Waals surface area (Å²) in [7, 11) is 1.63. The highest BCUT2D eigenvalue weighted by molar-refractivity contribution is 5.64.